The van der Waals surface area contributed by atoms with Crippen molar-refractivity contribution in [3.63, 3.8) is 0 Å². The van der Waals surface area contributed by atoms with Crippen LogP contribution in [-0.2, 0) is 56.1 Å². The van der Waals surface area contributed by atoms with Crippen molar-refractivity contribution in [1.82, 2.24) is 36.0 Å². The molecule has 3 aromatic rings. The van der Waals surface area contributed by atoms with Crippen LogP contribution in [0.1, 0.15) is 193 Å². The molecule has 91 heavy (non-hydrogen) atoms. The van der Waals surface area contributed by atoms with Gasteiger partial charge in [-0.25, -0.2) is 24.8 Å². The van der Waals surface area contributed by atoms with Gasteiger partial charge in [0.25, 0.3) is 10.9 Å². The van der Waals surface area contributed by atoms with Crippen LogP contribution in [0, 0.1) is 0 Å². The molecule has 0 unspecified atom stereocenters. The first-order valence-corrected chi connectivity index (χ1v) is 31.5. The molecule has 6 amide bonds. The number of hydrogen-bond acceptors (Lipinski definition) is 19. The molecule has 0 radical (unpaired) electrons. The second-order valence-corrected chi connectivity index (χ2v) is 22.5. The zero-order valence-electron chi connectivity index (χ0n) is 52.4. The van der Waals surface area contributed by atoms with Crippen molar-refractivity contribution in [2.75, 3.05) is 76.1 Å². The Morgan fingerprint density at radius 1 is 0.374 bits per heavy atom. The van der Waals surface area contributed by atoms with Crippen LogP contribution in [-0.4, -0.2) is 176 Å². The molecule has 0 spiro atoms. The Balaban J connectivity index is 1.32. The highest BCUT2D eigenvalue weighted by molar-refractivity contribution is 5.88. The summed E-state index contributed by atoms with van der Waals surface area (Å²) in [5.74, 6) is -4.73. The van der Waals surface area contributed by atoms with E-state index in [1.54, 1.807) is 24.3 Å². The monoisotopic (exact) mass is 1280 g/mol. The van der Waals surface area contributed by atoms with Gasteiger partial charge in [0.1, 0.15) is 28.7 Å². The van der Waals surface area contributed by atoms with Gasteiger partial charge in [-0.15, -0.1) is 0 Å². The van der Waals surface area contributed by atoms with E-state index in [1.807, 2.05) is 4.90 Å². The number of hydrogen-bond donors (Lipinski definition) is 10. The second kappa shape index (κ2) is 44.2. The zero-order valence-corrected chi connectivity index (χ0v) is 52.4. The van der Waals surface area contributed by atoms with Crippen LogP contribution in [0.4, 0.5) is 11.4 Å². The zero-order chi connectivity index (χ0) is 66.9. The molecule has 0 heterocycles. The van der Waals surface area contributed by atoms with Crippen LogP contribution < -0.4 is 37.4 Å². The highest BCUT2D eigenvalue weighted by Crippen LogP contribution is 2.16. The second-order valence-electron chi connectivity index (χ2n) is 22.5. The Morgan fingerprint density at radius 3 is 1.38 bits per heavy atom. The molecule has 0 saturated carbocycles. The van der Waals surface area contributed by atoms with Crippen molar-refractivity contribution in [3.05, 3.63) is 91.2 Å². The van der Waals surface area contributed by atoms with Gasteiger partial charge < -0.3 is 36.8 Å². The molecule has 0 aliphatic heterocycles. The first kappa shape index (κ1) is 77.0. The number of carbonyl (C=O) groups excluding carboxylic acids is 9. The predicted molar refractivity (Wildman–Crippen MR) is 335 cm³/mol. The van der Waals surface area contributed by atoms with Gasteiger partial charge in [-0.05, 0) is 119 Å². The molecular weight excluding hydrogens is 1180 g/mol. The SMILES string of the molecule is CC(=O)N(O)CCCCCNC(=O)CCC(=O)N(O)CCCCCCC(=O)CCC(=O)N(O)CCCCCNc1c(NCCN(CCCC(=O)CCCC(=O)CCc2ccc(C(=O)O)cc2)CCNC(=O)CCCC(=O)NCc2ccc(C(=O)O)cc2)c(=O)c1=O. The smallest absolute Gasteiger partial charge is 0.335 e. The highest BCUT2D eigenvalue weighted by Gasteiger charge is 2.22. The first-order chi connectivity index (χ1) is 43.5. The van der Waals surface area contributed by atoms with E-state index < -0.39 is 40.5 Å². The molecule has 502 valence electrons. The minimum Gasteiger partial charge on any atom is -0.478 e. The fraction of sp³-hybridized carbons (Fsp3) is 0.578. The van der Waals surface area contributed by atoms with Crippen molar-refractivity contribution in [2.45, 2.75) is 174 Å². The summed E-state index contributed by atoms with van der Waals surface area (Å²) in [4.78, 5) is 160. The van der Waals surface area contributed by atoms with Gasteiger partial charge in [0.15, 0.2) is 0 Å². The molecule has 0 aromatic heterocycles. The summed E-state index contributed by atoms with van der Waals surface area (Å²) >= 11 is 0. The summed E-state index contributed by atoms with van der Waals surface area (Å²) in [6, 6.07) is 12.4. The Hall–Kier alpha value is -8.27. The fourth-order valence-corrected chi connectivity index (χ4v) is 9.49. The summed E-state index contributed by atoms with van der Waals surface area (Å²) < 4.78 is 0. The van der Waals surface area contributed by atoms with Crippen LogP contribution in [0.2, 0.25) is 0 Å². The van der Waals surface area contributed by atoms with Crippen molar-refractivity contribution in [2.24, 2.45) is 0 Å². The van der Waals surface area contributed by atoms with Gasteiger partial charge >= 0.3 is 11.9 Å². The van der Waals surface area contributed by atoms with Gasteiger partial charge in [0.05, 0.1) is 11.1 Å². The number of nitrogens with one attached hydrogen (secondary N) is 5. The number of aryl methyl sites for hydroxylation is 1. The number of carboxylic acid groups (broad SMARTS) is 2. The van der Waals surface area contributed by atoms with E-state index in [1.165, 1.54) is 31.2 Å². The third-order valence-electron chi connectivity index (χ3n) is 15.0. The van der Waals surface area contributed by atoms with Crippen LogP contribution >= 0.6 is 0 Å². The third kappa shape index (κ3) is 33.4. The molecule has 0 aliphatic rings. The van der Waals surface area contributed by atoms with Crippen LogP contribution in [0.25, 0.3) is 0 Å². The van der Waals surface area contributed by atoms with Crippen LogP contribution in [0.5, 0.6) is 0 Å². The van der Waals surface area contributed by atoms with E-state index >= 15 is 0 Å². The minimum absolute atomic E-state index is 0.00130. The first-order valence-electron chi connectivity index (χ1n) is 31.5. The summed E-state index contributed by atoms with van der Waals surface area (Å²) in [6.07, 6.45) is 8.26. The average Bonchev–Trinajstić information content (AvgIpc) is 0.835. The van der Waals surface area contributed by atoms with E-state index in [-0.39, 0.29) is 174 Å². The van der Waals surface area contributed by atoms with E-state index in [0.717, 1.165) is 11.1 Å². The lowest BCUT2D eigenvalue weighted by Gasteiger charge is -2.23. The Kier molecular flexibility index (Phi) is 37.4. The fourth-order valence-electron chi connectivity index (χ4n) is 9.49. The summed E-state index contributed by atoms with van der Waals surface area (Å²) in [5, 5.41) is 64.1. The van der Waals surface area contributed by atoms with Gasteiger partial charge in [-0.2, -0.15) is 0 Å². The lowest BCUT2D eigenvalue weighted by atomic mass is 10.0. The molecule has 0 saturated heterocycles. The van der Waals surface area contributed by atoms with E-state index in [4.69, 9.17) is 10.2 Å². The van der Waals surface area contributed by atoms with Crippen molar-refractivity contribution < 1.29 is 78.6 Å². The van der Waals surface area contributed by atoms with Gasteiger partial charge in [-0.1, -0.05) is 37.1 Å². The third-order valence-corrected chi connectivity index (χ3v) is 15.0. The average molecular weight is 1280 g/mol. The number of amides is 6. The van der Waals surface area contributed by atoms with E-state index in [9.17, 15) is 78.0 Å². The number of rotatable bonds is 52. The molecule has 27 heteroatoms. The lowest BCUT2D eigenvalue weighted by molar-refractivity contribution is -0.166. The molecule has 3 rings (SSSR count). The molecule has 3 aromatic carbocycles. The molecular formula is C64H93N9O18. The maximum Gasteiger partial charge on any atom is 0.335 e. The largest absolute Gasteiger partial charge is 0.478 e. The molecule has 0 atom stereocenters. The van der Waals surface area contributed by atoms with Crippen molar-refractivity contribution in [1.29, 1.82) is 0 Å². The summed E-state index contributed by atoms with van der Waals surface area (Å²) in [5.41, 5.74) is 0.763. The van der Waals surface area contributed by atoms with E-state index in [2.05, 4.69) is 26.6 Å². The molecule has 10 N–H and O–H groups in total. The highest BCUT2D eigenvalue weighted by atomic mass is 16.5. The Labute approximate surface area is 530 Å². The van der Waals surface area contributed by atoms with E-state index in [0.29, 0.717) is 131 Å². The van der Waals surface area contributed by atoms with Gasteiger partial charge in [-0.3, -0.25) is 73.3 Å². The van der Waals surface area contributed by atoms with Crippen molar-refractivity contribution >= 4 is 76.1 Å². The number of unbranched alkanes of at least 4 members (excludes halogenated alkanes) is 7. The Bertz CT molecular complexity index is 2800. The van der Waals surface area contributed by atoms with Crippen LogP contribution in [0.3, 0.4) is 0 Å². The standard InChI is InChI=1S/C64H93N9O18/c1-46(74)71(89)40-10-4-7-35-65-56(80)32-34-58(82)73(91)41-9-3-2-6-15-52(76)31-33-57(81)72(90)42-11-5-8-36-67-59-60(62(84)61(59)83)68-38-44-70(39-14-18-51(75)16-12-17-53(77)30-25-47-21-26-49(27-22-47)63(85)86)43-37-66-54(78)19-13-20-55(79)69-45-48-23-28-50(29-24-48)64(87)88/h21-24,26-29,67-68,89-91H,2-20,25,30-45H2,1H3,(H,65,80)(H,66,78)(H,69,79)(H,85,86)(H,87,88). The number of nitrogens with zero attached hydrogens (tertiary/aromatic N) is 4. The molecule has 0 bridgehead atoms. The number of hydroxylamine groups is 6. The Morgan fingerprint density at radius 2 is 0.802 bits per heavy atom. The number of ketones is 3. The number of benzene rings is 2. The number of Topliss-reactive ketones (excluding diaryl/α,β-unsaturated/α-hetero) is 3. The number of aromatic carboxylic acids is 2. The topological polar surface area (TPSA) is 396 Å². The van der Waals surface area contributed by atoms with Gasteiger partial charge in [0.2, 0.25) is 35.4 Å². The molecule has 0 fully saturated rings. The van der Waals surface area contributed by atoms with Crippen LogP contribution in [0.15, 0.2) is 58.1 Å². The minimum atomic E-state index is -1.05. The maximum atomic E-state index is 12.9. The van der Waals surface area contributed by atoms with Crippen molar-refractivity contribution in [3.8, 4) is 0 Å². The number of anilines is 2. The molecule has 27 nitrogen and oxygen atoms in total. The normalized spacial score (nSPS) is 11.0. The maximum absolute atomic E-state index is 12.9. The quantitative estimate of drug-likeness (QED) is 0.0147. The summed E-state index contributed by atoms with van der Waals surface area (Å²) in [7, 11) is 0. The van der Waals surface area contributed by atoms with Gasteiger partial charge in [0, 0.05) is 143 Å². The lowest BCUT2D eigenvalue weighted by Crippen LogP contribution is -2.41. The molecule has 0 aliphatic carbocycles. The number of carbonyl (C=O) groups is 11. The summed E-state index contributed by atoms with van der Waals surface area (Å²) in [6.45, 7) is 4.13. The predicted octanol–water partition coefficient (Wildman–Crippen LogP) is 5.34. The number of carboxylic acids is 2.